The Morgan fingerprint density at radius 1 is 1.00 bits per heavy atom. The van der Waals surface area contributed by atoms with E-state index in [1.807, 2.05) is 12.1 Å². The van der Waals surface area contributed by atoms with Gasteiger partial charge in [-0.05, 0) is 36.1 Å². The highest BCUT2D eigenvalue weighted by Crippen LogP contribution is 2.29. The molecule has 0 bridgehead atoms. The van der Waals surface area contributed by atoms with Crippen molar-refractivity contribution in [2.45, 2.75) is 12.8 Å². The zero-order valence-electron chi connectivity index (χ0n) is 11.2. The minimum absolute atomic E-state index is 0.106. The number of hydrogen-bond donors (Lipinski definition) is 1. The second kappa shape index (κ2) is 6.48. The molecule has 0 saturated carbocycles. The Labute approximate surface area is 116 Å². The van der Waals surface area contributed by atoms with Crippen molar-refractivity contribution in [1.82, 2.24) is 0 Å². The van der Waals surface area contributed by atoms with Crippen molar-refractivity contribution in [3.05, 3.63) is 53.6 Å². The molecule has 0 amide bonds. The number of benzene rings is 2. The van der Waals surface area contributed by atoms with Crippen LogP contribution in [0.15, 0.2) is 36.4 Å². The normalized spacial score (nSPS) is 10.6. The molecule has 0 aliphatic carbocycles. The van der Waals surface area contributed by atoms with Crippen LogP contribution in [-0.2, 0) is 6.42 Å². The predicted molar refractivity (Wildman–Crippen MR) is 73.8 cm³/mol. The van der Waals surface area contributed by atoms with Gasteiger partial charge in [-0.2, -0.15) is 4.39 Å². The second-order valence-corrected chi connectivity index (χ2v) is 4.47. The van der Waals surface area contributed by atoms with Crippen LogP contribution in [0.25, 0.3) is 11.1 Å². The van der Waals surface area contributed by atoms with Gasteiger partial charge < -0.3 is 9.84 Å². The third kappa shape index (κ3) is 2.96. The summed E-state index contributed by atoms with van der Waals surface area (Å²) < 4.78 is 32.4. The first-order valence-corrected chi connectivity index (χ1v) is 6.39. The van der Waals surface area contributed by atoms with E-state index in [2.05, 4.69) is 0 Å². The molecule has 2 nitrogen and oxygen atoms in total. The number of rotatable bonds is 5. The summed E-state index contributed by atoms with van der Waals surface area (Å²) >= 11 is 0. The fraction of sp³-hybridized carbons (Fsp3) is 0.250. The van der Waals surface area contributed by atoms with Crippen LogP contribution in [0.4, 0.5) is 8.78 Å². The maximum Gasteiger partial charge on any atom is 0.201 e. The smallest absolute Gasteiger partial charge is 0.201 e. The monoisotopic (exact) mass is 278 g/mol. The van der Waals surface area contributed by atoms with Crippen LogP contribution in [0.2, 0.25) is 0 Å². The summed E-state index contributed by atoms with van der Waals surface area (Å²) in [6, 6.07) is 10.1. The molecule has 0 unspecified atom stereocenters. The van der Waals surface area contributed by atoms with Crippen LogP contribution < -0.4 is 4.74 Å². The molecule has 0 aliphatic heterocycles. The zero-order valence-corrected chi connectivity index (χ0v) is 11.2. The van der Waals surface area contributed by atoms with E-state index in [9.17, 15) is 8.78 Å². The summed E-state index contributed by atoms with van der Waals surface area (Å²) in [7, 11) is 1.30. The first kappa shape index (κ1) is 14.5. The van der Waals surface area contributed by atoms with Crippen molar-refractivity contribution >= 4 is 0 Å². The van der Waals surface area contributed by atoms with Crippen LogP contribution in [0, 0.1) is 11.6 Å². The minimum Gasteiger partial charge on any atom is -0.494 e. The van der Waals surface area contributed by atoms with Gasteiger partial charge in [-0.1, -0.05) is 24.3 Å². The Balaban J connectivity index is 2.30. The summed E-state index contributed by atoms with van der Waals surface area (Å²) in [6.07, 6.45) is 1.45. The van der Waals surface area contributed by atoms with E-state index >= 15 is 0 Å². The lowest BCUT2D eigenvalue weighted by Crippen LogP contribution is -1.95. The van der Waals surface area contributed by atoms with Gasteiger partial charge >= 0.3 is 0 Å². The summed E-state index contributed by atoms with van der Waals surface area (Å²) in [5.41, 5.74) is 1.87. The number of hydrogen-bond acceptors (Lipinski definition) is 2. The second-order valence-electron chi connectivity index (χ2n) is 4.47. The highest BCUT2D eigenvalue weighted by molar-refractivity contribution is 5.65. The maximum absolute atomic E-state index is 13.9. The van der Waals surface area contributed by atoms with Crippen molar-refractivity contribution in [3.8, 4) is 16.9 Å². The van der Waals surface area contributed by atoms with Gasteiger partial charge in [0, 0.05) is 12.2 Å². The van der Waals surface area contributed by atoms with E-state index in [4.69, 9.17) is 9.84 Å². The molecular formula is C16H16F2O2. The third-order valence-corrected chi connectivity index (χ3v) is 3.16. The molecule has 106 valence electrons. The van der Waals surface area contributed by atoms with E-state index in [1.54, 1.807) is 12.1 Å². The molecule has 0 aliphatic rings. The van der Waals surface area contributed by atoms with Gasteiger partial charge in [0.15, 0.2) is 11.6 Å². The molecule has 1 N–H and O–H groups in total. The van der Waals surface area contributed by atoms with Crippen LogP contribution in [-0.4, -0.2) is 18.8 Å². The van der Waals surface area contributed by atoms with Gasteiger partial charge in [0.05, 0.1) is 7.11 Å². The molecule has 0 fully saturated rings. The van der Waals surface area contributed by atoms with E-state index in [0.717, 1.165) is 12.0 Å². The highest BCUT2D eigenvalue weighted by atomic mass is 19.2. The molecular weight excluding hydrogens is 262 g/mol. The zero-order chi connectivity index (χ0) is 14.5. The van der Waals surface area contributed by atoms with Crippen molar-refractivity contribution in [2.75, 3.05) is 13.7 Å². The lowest BCUT2D eigenvalue weighted by atomic mass is 10.0. The number of methoxy groups -OCH3 is 1. The number of aryl methyl sites for hydroxylation is 1. The Bertz CT molecular complexity index is 580. The average molecular weight is 278 g/mol. The van der Waals surface area contributed by atoms with Gasteiger partial charge in [-0.15, -0.1) is 0 Å². The number of halogens is 2. The van der Waals surface area contributed by atoms with Crippen LogP contribution in [0.5, 0.6) is 5.75 Å². The average Bonchev–Trinajstić information content (AvgIpc) is 2.48. The van der Waals surface area contributed by atoms with Crippen LogP contribution in [0.3, 0.4) is 0 Å². The summed E-state index contributed by atoms with van der Waals surface area (Å²) in [4.78, 5) is 0. The maximum atomic E-state index is 13.9. The van der Waals surface area contributed by atoms with Gasteiger partial charge in [-0.25, -0.2) is 4.39 Å². The molecule has 0 atom stereocenters. The first-order valence-electron chi connectivity index (χ1n) is 6.39. The molecule has 2 rings (SSSR count). The minimum atomic E-state index is -0.977. The fourth-order valence-electron chi connectivity index (χ4n) is 2.05. The molecule has 2 aromatic carbocycles. The van der Waals surface area contributed by atoms with E-state index < -0.39 is 11.6 Å². The fourth-order valence-corrected chi connectivity index (χ4v) is 2.05. The SMILES string of the molecule is COc1ccc(-c2ccc(CCCO)cc2)c(F)c1F. The lowest BCUT2D eigenvalue weighted by molar-refractivity contribution is 0.288. The quantitative estimate of drug-likeness (QED) is 0.906. The van der Waals surface area contributed by atoms with Crippen LogP contribution >= 0.6 is 0 Å². The van der Waals surface area contributed by atoms with Crippen molar-refractivity contribution in [1.29, 1.82) is 0 Å². The summed E-state index contributed by atoms with van der Waals surface area (Å²) in [5.74, 6) is -1.99. The standard InChI is InChI=1S/C16H16F2O2/c1-20-14-9-8-13(15(17)16(14)18)12-6-4-11(5-7-12)3-2-10-19/h4-9,19H,2-3,10H2,1H3. The molecule has 0 saturated heterocycles. The topological polar surface area (TPSA) is 29.5 Å². The molecule has 0 heterocycles. The highest BCUT2D eigenvalue weighted by Gasteiger charge is 2.14. The number of aliphatic hydroxyl groups is 1. The lowest BCUT2D eigenvalue weighted by Gasteiger charge is -2.08. The van der Waals surface area contributed by atoms with E-state index in [1.165, 1.54) is 19.2 Å². The number of ether oxygens (including phenoxy) is 1. The molecule has 2 aromatic rings. The van der Waals surface area contributed by atoms with E-state index in [-0.39, 0.29) is 17.9 Å². The van der Waals surface area contributed by atoms with Crippen molar-refractivity contribution in [3.63, 3.8) is 0 Å². The Hall–Kier alpha value is -1.94. The Morgan fingerprint density at radius 2 is 1.70 bits per heavy atom. The van der Waals surface area contributed by atoms with Crippen molar-refractivity contribution < 1.29 is 18.6 Å². The van der Waals surface area contributed by atoms with Crippen LogP contribution in [0.1, 0.15) is 12.0 Å². The Morgan fingerprint density at radius 3 is 2.30 bits per heavy atom. The molecule has 0 aromatic heterocycles. The van der Waals surface area contributed by atoms with Crippen molar-refractivity contribution in [2.24, 2.45) is 0 Å². The predicted octanol–water partition coefficient (Wildman–Crippen LogP) is 3.57. The number of aliphatic hydroxyl groups excluding tert-OH is 1. The van der Waals surface area contributed by atoms with Gasteiger partial charge in [0.2, 0.25) is 5.82 Å². The molecule has 4 heteroatoms. The van der Waals surface area contributed by atoms with Gasteiger partial charge in [0.1, 0.15) is 0 Å². The molecule has 0 radical (unpaired) electrons. The molecule has 0 spiro atoms. The van der Waals surface area contributed by atoms with Gasteiger partial charge in [0.25, 0.3) is 0 Å². The summed E-state index contributed by atoms with van der Waals surface area (Å²) in [6.45, 7) is 0.139. The first-order chi connectivity index (χ1) is 9.67. The Kier molecular flexibility index (Phi) is 4.69. The van der Waals surface area contributed by atoms with E-state index in [0.29, 0.717) is 12.0 Å². The van der Waals surface area contributed by atoms with Gasteiger partial charge in [-0.3, -0.25) is 0 Å². The summed E-state index contributed by atoms with van der Waals surface area (Å²) in [5, 5.41) is 8.77. The third-order valence-electron chi connectivity index (χ3n) is 3.16. The molecule has 20 heavy (non-hydrogen) atoms. The largest absolute Gasteiger partial charge is 0.494 e.